The number of halogens is 3. The van der Waals surface area contributed by atoms with Gasteiger partial charge in [-0.25, -0.2) is 0 Å². The third-order valence-corrected chi connectivity index (χ3v) is 6.63. The van der Waals surface area contributed by atoms with Crippen LogP contribution in [0.1, 0.15) is 30.9 Å². The molecule has 1 aromatic carbocycles. The van der Waals surface area contributed by atoms with Gasteiger partial charge in [0.1, 0.15) is 5.75 Å². The van der Waals surface area contributed by atoms with Gasteiger partial charge in [0.2, 0.25) is 0 Å². The highest BCUT2D eigenvalue weighted by Crippen LogP contribution is 2.34. The van der Waals surface area contributed by atoms with E-state index in [0.717, 1.165) is 50.3 Å². The molecule has 34 heavy (non-hydrogen) atoms. The van der Waals surface area contributed by atoms with Gasteiger partial charge in [-0.2, -0.15) is 18.3 Å². The number of ether oxygens (including phenoxy) is 1. The molecule has 7 nitrogen and oxygen atoms in total. The topological polar surface area (TPSA) is 53.8 Å². The monoisotopic (exact) mass is 479 g/mol. The van der Waals surface area contributed by atoms with Crippen molar-refractivity contribution >= 4 is 5.91 Å². The van der Waals surface area contributed by atoms with E-state index in [9.17, 15) is 18.0 Å². The van der Waals surface area contributed by atoms with Crippen molar-refractivity contribution in [1.82, 2.24) is 24.5 Å². The average molecular weight is 480 g/mol. The van der Waals surface area contributed by atoms with E-state index >= 15 is 0 Å². The van der Waals surface area contributed by atoms with Crippen LogP contribution in [0.4, 0.5) is 13.2 Å². The molecule has 186 valence electrons. The molecule has 0 radical (unpaired) electrons. The first-order chi connectivity index (χ1) is 16.2. The number of aromatic nitrogens is 2. The van der Waals surface area contributed by atoms with Crippen LogP contribution >= 0.6 is 0 Å². The fourth-order valence-corrected chi connectivity index (χ4v) is 4.70. The molecule has 10 heteroatoms. The van der Waals surface area contributed by atoms with Crippen LogP contribution in [0.3, 0.4) is 0 Å². The van der Waals surface area contributed by atoms with Crippen molar-refractivity contribution in [2.45, 2.75) is 44.6 Å². The summed E-state index contributed by atoms with van der Waals surface area (Å²) in [6.07, 6.45) is 0.677. The second-order valence-electron chi connectivity index (χ2n) is 9.23. The molecule has 2 saturated heterocycles. The number of rotatable bonds is 6. The summed E-state index contributed by atoms with van der Waals surface area (Å²) in [5, 5.41) is 4.33. The van der Waals surface area contributed by atoms with Crippen molar-refractivity contribution in [2.75, 3.05) is 46.3 Å². The lowest BCUT2D eigenvalue weighted by Gasteiger charge is -2.45. The van der Waals surface area contributed by atoms with E-state index < -0.39 is 17.3 Å². The van der Waals surface area contributed by atoms with Crippen LogP contribution in [0.2, 0.25) is 0 Å². The zero-order valence-corrected chi connectivity index (χ0v) is 19.7. The maximum atomic E-state index is 13.8. The van der Waals surface area contributed by atoms with Crippen LogP contribution < -0.4 is 4.74 Å². The van der Waals surface area contributed by atoms with E-state index in [1.807, 2.05) is 35.9 Å². The maximum absolute atomic E-state index is 13.8. The molecule has 0 bridgehead atoms. The highest BCUT2D eigenvalue weighted by Gasteiger charge is 2.47. The summed E-state index contributed by atoms with van der Waals surface area (Å²) in [7, 11) is 2.02. The molecule has 0 spiro atoms. The maximum Gasteiger partial charge on any atom is 0.416 e. The Hall–Kier alpha value is -2.59. The minimum absolute atomic E-state index is 0.0885. The largest absolute Gasteiger partial charge is 0.476 e. The number of hydrogen-bond acceptors (Lipinski definition) is 5. The highest BCUT2D eigenvalue weighted by atomic mass is 19.4. The number of amides is 1. The Balaban J connectivity index is 1.57. The van der Waals surface area contributed by atoms with Gasteiger partial charge in [0.25, 0.3) is 5.91 Å². The standard InChI is InChI=1S/C24H32F3N5O2/c1-3-32-17-19(15-28-32)16-30-10-4-9-23(18-30,22(33)31-13-11-29(2)12-14-31)34-21-7-5-20(6-8-21)24(25,26)27/h5-8,15,17H,3-4,9-14,16,18H2,1-2H3. The van der Waals surface area contributed by atoms with E-state index in [1.54, 1.807) is 0 Å². The minimum atomic E-state index is -4.42. The van der Waals surface area contributed by atoms with Crippen LogP contribution in [-0.4, -0.2) is 82.3 Å². The lowest BCUT2D eigenvalue weighted by Crippen LogP contribution is -2.63. The molecule has 0 N–H and O–H groups in total. The number of aryl methyl sites for hydroxylation is 1. The SMILES string of the molecule is CCn1cc(CN2CCCC(Oc3ccc(C(F)(F)F)cc3)(C(=O)N3CCN(C)CC3)C2)cn1. The summed E-state index contributed by atoms with van der Waals surface area (Å²) in [6.45, 7) is 7.39. The van der Waals surface area contributed by atoms with Crippen LogP contribution in [0.15, 0.2) is 36.7 Å². The number of hydrogen-bond donors (Lipinski definition) is 0. The zero-order chi connectivity index (χ0) is 24.3. The Morgan fingerprint density at radius 1 is 1.12 bits per heavy atom. The summed E-state index contributed by atoms with van der Waals surface area (Å²) >= 11 is 0. The van der Waals surface area contributed by atoms with Gasteiger partial charge in [0, 0.05) is 57.6 Å². The summed E-state index contributed by atoms with van der Waals surface area (Å²) in [5.41, 5.74) is -0.828. The number of carbonyl (C=O) groups is 1. The molecule has 2 aliphatic rings. The van der Waals surface area contributed by atoms with Gasteiger partial charge in [-0.15, -0.1) is 0 Å². The predicted octanol–water partition coefficient (Wildman–Crippen LogP) is 3.11. The van der Waals surface area contributed by atoms with Gasteiger partial charge >= 0.3 is 6.18 Å². The molecule has 2 aromatic rings. The van der Waals surface area contributed by atoms with Crippen LogP contribution in [0.25, 0.3) is 0 Å². The normalized spacial score (nSPS) is 22.7. The lowest BCUT2D eigenvalue weighted by molar-refractivity contribution is -0.155. The molecule has 0 aliphatic carbocycles. The molecule has 1 aromatic heterocycles. The fourth-order valence-electron chi connectivity index (χ4n) is 4.70. The molecule has 2 aliphatic heterocycles. The van der Waals surface area contributed by atoms with Crippen molar-refractivity contribution in [3.8, 4) is 5.75 Å². The first-order valence-electron chi connectivity index (χ1n) is 11.8. The van der Waals surface area contributed by atoms with Gasteiger partial charge < -0.3 is 14.5 Å². The second kappa shape index (κ2) is 9.95. The summed E-state index contributed by atoms with van der Waals surface area (Å²) < 4.78 is 47.2. The summed E-state index contributed by atoms with van der Waals surface area (Å²) in [4.78, 5) is 20.0. The van der Waals surface area contributed by atoms with Crippen LogP contribution in [0, 0.1) is 0 Å². The van der Waals surface area contributed by atoms with E-state index in [-0.39, 0.29) is 11.7 Å². The Labute approximate surface area is 198 Å². The lowest BCUT2D eigenvalue weighted by atomic mass is 9.90. The number of carbonyl (C=O) groups excluding carboxylic acids is 1. The summed E-state index contributed by atoms with van der Waals surface area (Å²) in [5.74, 6) is 0.186. The Kier molecular flexibility index (Phi) is 7.18. The van der Waals surface area contributed by atoms with Crippen molar-refractivity contribution in [3.05, 3.63) is 47.8 Å². The number of nitrogens with zero attached hydrogens (tertiary/aromatic N) is 5. The molecule has 2 fully saturated rings. The van der Waals surface area contributed by atoms with E-state index in [4.69, 9.17) is 4.74 Å². The Bertz CT molecular complexity index is 970. The van der Waals surface area contributed by atoms with Crippen LogP contribution in [-0.2, 0) is 24.1 Å². The van der Waals surface area contributed by atoms with Crippen molar-refractivity contribution < 1.29 is 22.7 Å². The molecule has 1 atom stereocenters. The minimum Gasteiger partial charge on any atom is -0.476 e. The third kappa shape index (κ3) is 5.55. The predicted molar refractivity (Wildman–Crippen MR) is 121 cm³/mol. The van der Waals surface area contributed by atoms with Gasteiger partial charge in [-0.3, -0.25) is 14.4 Å². The van der Waals surface area contributed by atoms with Gasteiger partial charge in [-0.05, 0) is 57.6 Å². The smallest absolute Gasteiger partial charge is 0.416 e. The molecule has 4 rings (SSSR count). The molecule has 0 saturated carbocycles. The van der Waals surface area contributed by atoms with Gasteiger partial charge in [-0.1, -0.05) is 0 Å². The number of alkyl halides is 3. The number of likely N-dealkylation sites (tertiary alicyclic amines) is 1. The first kappa shape index (κ1) is 24.5. The van der Waals surface area contributed by atoms with Crippen molar-refractivity contribution in [2.24, 2.45) is 0 Å². The number of benzene rings is 1. The van der Waals surface area contributed by atoms with E-state index in [2.05, 4.69) is 14.9 Å². The zero-order valence-electron chi connectivity index (χ0n) is 19.7. The first-order valence-corrected chi connectivity index (χ1v) is 11.8. The average Bonchev–Trinajstić information content (AvgIpc) is 3.26. The van der Waals surface area contributed by atoms with E-state index in [1.165, 1.54) is 12.1 Å². The van der Waals surface area contributed by atoms with Crippen molar-refractivity contribution in [1.29, 1.82) is 0 Å². The fraction of sp³-hybridized carbons (Fsp3) is 0.583. The Morgan fingerprint density at radius 3 is 2.44 bits per heavy atom. The number of piperidine rings is 1. The highest BCUT2D eigenvalue weighted by molar-refractivity contribution is 5.86. The second-order valence-corrected chi connectivity index (χ2v) is 9.23. The molecule has 1 amide bonds. The van der Waals surface area contributed by atoms with Crippen LogP contribution in [0.5, 0.6) is 5.75 Å². The third-order valence-electron chi connectivity index (χ3n) is 6.63. The summed E-state index contributed by atoms with van der Waals surface area (Å²) in [6, 6.07) is 4.63. The number of likely N-dealkylation sites (N-methyl/N-ethyl adjacent to an activating group) is 1. The number of piperazine rings is 1. The van der Waals surface area contributed by atoms with Gasteiger partial charge in [0.15, 0.2) is 5.60 Å². The Morgan fingerprint density at radius 2 is 1.82 bits per heavy atom. The van der Waals surface area contributed by atoms with Gasteiger partial charge in [0.05, 0.1) is 11.8 Å². The van der Waals surface area contributed by atoms with Crippen molar-refractivity contribution in [3.63, 3.8) is 0 Å². The molecule has 1 unspecified atom stereocenters. The molecular formula is C24H32F3N5O2. The van der Waals surface area contributed by atoms with E-state index in [0.29, 0.717) is 32.6 Å². The molecular weight excluding hydrogens is 447 g/mol. The quantitative estimate of drug-likeness (QED) is 0.638. The molecule has 3 heterocycles.